The molecule has 5 nitrogen and oxygen atoms in total. The molecule has 0 aliphatic heterocycles. The molecule has 0 bridgehead atoms. The Morgan fingerprint density at radius 1 is 1.32 bits per heavy atom. The predicted molar refractivity (Wildman–Crippen MR) is 78.8 cm³/mol. The highest BCUT2D eigenvalue weighted by Gasteiger charge is 2.25. The third-order valence-electron chi connectivity index (χ3n) is 3.75. The third kappa shape index (κ3) is 6.89. The molecule has 0 fully saturated rings. The second kappa shape index (κ2) is 9.28. The molecule has 0 saturated heterocycles. The second-order valence-corrected chi connectivity index (χ2v) is 5.38. The largest absolute Gasteiger partial charge is 0.383 e. The van der Waals surface area contributed by atoms with E-state index in [4.69, 9.17) is 16.2 Å². The molecule has 4 N–H and O–H groups in total. The van der Waals surface area contributed by atoms with Crippen LogP contribution in [-0.2, 0) is 9.53 Å². The van der Waals surface area contributed by atoms with Crippen LogP contribution in [0.3, 0.4) is 0 Å². The Morgan fingerprint density at radius 2 is 1.89 bits per heavy atom. The lowest BCUT2D eigenvalue weighted by atomic mass is 9.96. The molecule has 0 aromatic heterocycles. The number of carbonyl (C=O) groups excluding carboxylic acids is 1. The molecule has 0 aromatic carbocycles. The van der Waals surface area contributed by atoms with Gasteiger partial charge in [-0.2, -0.15) is 0 Å². The third-order valence-corrected chi connectivity index (χ3v) is 3.75. The van der Waals surface area contributed by atoms with Crippen LogP contribution in [0, 0.1) is 0 Å². The Balaban J connectivity index is 4.29. The van der Waals surface area contributed by atoms with Gasteiger partial charge in [0.1, 0.15) is 0 Å². The average Bonchev–Trinajstić information content (AvgIpc) is 2.36. The van der Waals surface area contributed by atoms with Crippen LogP contribution in [0.5, 0.6) is 0 Å². The zero-order chi connectivity index (χ0) is 14.9. The number of amides is 1. The molecule has 0 radical (unpaired) electrons. The minimum Gasteiger partial charge on any atom is -0.383 e. The Labute approximate surface area is 117 Å². The van der Waals surface area contributed by atoms with Crippen molar-refractivity contribution in [3.8, 4) is 0 Å². The van der Waals surface area contributed by atoms with Crippen LogP contribution in [0.2, 0.25) is 0 Å². The summed E-state index contributed by atoms with van der Waals surface area (Å²) in [6.07, 6.45) is 3.73. The molecule has 0 aliphatic rings. The number of ether oxygens (including phenoxy) is 1. The van der Waals surface area contributed by atoms with Crippen molar-refractivity contribution in [1.82, 2.24) is 4.90 Å². The highest BCUT2D eigenvalue weighted by Crippen LogP contribution is 2.13. The molecule has 114 valence electrons. The van der Waals surface area contributed by atoms with Crippen molar-refractivity contribution < 1.29 is 9.53 Å². The van der Waals surface area contributed by atoms with Crippen molar-refractivity contribution >= 4 is 5.91 Å². The van der Waals surface area contributed by atoms with Crippen molar-refractivity contribution in [1.29, 1.82) is 0 Å². The van der Waals surface area contributed by atoms with Gasteiger partial charge in [-0.1, -0.05) is 13.8 Å². The molecule has 0 rings (SSSR count). The lowest BCUT2D eigenvalue weighted by Crippen LogP contribution is -2.49. The van der Waals surface area contributed by atoms with Crippen molar-refractivity contribution in [2.75, 3.05) is 26.8 Å². The Kier molecular flexibility index (Phi) is 8.97. The molecular weight excluding hydrogens is 242 g/mol. The highest BCUT2D eigenvalue weighted by molar-refractivity contribution is 5.83. The summed E-state index contributed by atoms with van der Waals surface area (Å²) >= 11 is 0. The normalized spacial score (nSPS) is 14.9. The maximum Gasteiger partial charge on any atom is 0.237 e. The van der Waals surface area contributed by atoms with Gasteiger partial charge in [-0.15, -0.1) is 0 Å². The van der Waals surface area contributed by atoms with E-state index in [9.17, 15) is 4.79 Å². The van der Waals surface area contributed by atoms with Crippen molar-refractivity contribution in [2.45, 2.75) is 58.0 Å². The van der Waals surface area contributed by atoms with Crippen LogP contribution >= 0.6 is 0 Å². The van der Waals surface area contributed by atoms with Gasteiger partial charge < -0.3 is 16.2 Å². The number of nitrogens with two attached hydrogens (primary N) is 2. The number of methoxy groups -OCH3 is 1. The standard InChI is InChI=1S/C14H31N3O2/c1-5-12(6-2)17(10-11-19-4)9-7-8-14(3,16)13(15)18/h12H,5-11,16H2,1-4H3,(H2,15,18). The number of hydrogen-bond acceptors (Lipinski definition) is 4. The minimum absolute atomic E-state index is 0.432. The van der Waals surface area contributed by atoms with Gasteiger partial charge in [0.2, 0.25) is 5.91 Å². The van der Waals surface area contributed by atoms with E-state index in [1.807, 2.05) is 0 Å². The molecule has 1 unspecified atom stereocenters. The maximum absolute atomic E-state index is 11.2. The van der Waals surface area contributed by atoms with Gasteiger partial charge in [-0.05, 0) is 39.2 Å². The number of primary amides is 1. The van der Waals surface area contributed by atoms with Crippen LogP contribution in [0.25, 0.3) is 0 Å². The van der Waals surface area contributed by atoms with E-state index in [-0.39, 0.29) is 0 Å². The summed E-state index contributed by atoms with van der Waals surface area (Å²) in [6.45, 7) is 8.67. The number of hydrogen-bond donors (Lipinski definition) is 2. The Morgan fingerprint density at radius 3 is 2.32 bits per heavy atom. The number of carbonyl (C=O) groups is 1. The quantitative estimate of drug-likeness (QED) is 0.591. The molecule has 0 heterocycles. The fraction of sp³-hybridized carbons (Fsp3) is 0.929. The van der Waals surface area contributed by atoms with Gasteiger partial charge in [-0.25, -0.2) is 0 Å². The lowest BCUT2D eigenvalue weighted by molar-refractivity contribution is -0.122. The summed E-state index contributed by atoms with van der Waals surface area (Å²) in [5.41, 5.74) is 10.2. The fourth-order valence-corrected chi connectivity index (χ4v) is 2.26. The van der Waals surface area contributed by atoms with Crippen molar-refractivity contribution in [2.24, 2.45) is 11.5 Å². The first-order chi connectivity index (χ1) is 8.88. The van der Waals surface area contributed by atoms with Gasteiger partial charge >= 0.3 is 0 Å². The van der Waals surface area contributed by atoms with Crippen molar-refractivity contribution in [3.63, 3.8) is 0 Å². The summed E-state index contributed by atoms with van der Waals surface area (Å²) < 4.78 is 5.16. The SMILES string of the molecule is CCC(CC)N(CCCC(C)(N)C(N)=O)CCOC. The number of nitrogens with zero attached hydrogens (tertiary/aromatic N) is 1. The van der Waals surface area contributed by atoms with Crippen LogP contribution in [0.4, 0.5) is 0 Å². The summed E-state index contributed by atoms with van der Waals surface area (Å²) in [5.74, 6) is -0.432. The van der Waals surface area contributed by atoms with Crippen LogP contribution in [0.1, 0.15) is 46.5 Å². The van der Waals surface area contributed by atoms with E-state index in [0.29, 0.717) is 12.5 Å². The van der Waals surface area contributed by atoms with E-state index in [1.165, 1.54) is 0 Å². The van der Waals surface area contributed by atoms with Gasteiger partial charge in [0.25, 0.3) is 0 Å². The van der Waals surface area contributed by atoms with Crippen LogP contribution in [-0.4, -0.2) is 49.2 Å². The molecule has 1 amide bonds. The molecule has 0 spiro atoms. The molecule has 0 aromatic rings. The smallest absolute Gasteiger partial charge is 0.237 e. The van der Waals surface area contributed by atoms with Gasteiger partial charge in [0, 0.05) is 19.7 Å². The molecule has 0 saturated carbocycles. The Hall–Kier alpha value is -0.650. The summed E-state index contributed by atoms with van der Waals surface area (Å²) in [5, 5.41) is 0. The minimum atomic E-state index is -0.902. The molecule has 5 heteroatoms. The highest BCUT2D eigenvalue weighted by atomic mass is 16.5. The van der Waals surface area contributed by atoms with E-state index in [0.717, 1.165) is 39.0 Å². The zero-order valence-corrected chi connectivity index (χ0v) is 12.9. The Bertz CT molecular complexity index is 253. The maximum atomic E-state index is 11.2. The second-order valence-electron chi connectivity index (χ2n) is 5.38. The van der Waals surface area contributed by atoms with Gasteiger partial charge in [0.05, 0.1) is 12.1 Å². The number of rotatable bonds is 11. The average molecular weight is 273 g/mol. The first-order valence-corrected chi connectivity index (χ1v) is 7.20. The van der Waals surface area contributed by atoms with Crippen LogP contribution < -0.4 is 11.5 Å². The zero-order valence-electron chi connectivity index (χ0n) is 12.9. The van der Waals surface area contributed by atoms with E-state index >= 15 is 0 Å². The van der Waals surface area contributed by atoms with Gasteiger partial charge in [0.15, 0.2) is 0 Å². The topological polar surface area (TPSA) is 81.6 Å². The molecular formula is C14H31N3O2. The van der Waals surface area contributed by atoms with Crippen LogP contribution in [0.15, 0.2) is 0 Å². The first-order valence-electron chi connectivity index (χ1n) is 7.20. The predicted octanol–water partition coefficient (Wildman–Crippen LogP) is 1.11. The lowest BCUT2D eigenvalue weighted by Gasteiger charge is -2.31. The van der Waals surface area contributed by atoms with E-state index in [2.05, 4.69) is 18.7 Å². The molecule has 1 atom stereocenters. The van der Waals surface area contributed by atoms with Crippen molar-refractivity contribution in [3.05, 3.63) is 0 Å². The first kappa shape index (κ1) is 18.4. The monoisotopic (exact) mass is 273 g/mol. The summed E-state index contributed by atoms with van der Waals surface area (Å²) in [6, 6.07) is 0.563. The summed E-state index contributed by atoms with van der Waals surface area (Å²) in [7, 11) is 1.72. The van der Waals surface area contributed by atoms with E-state index in [1.54, 1.807) is 14.0 Å². The van der Waals surface area contributed by atoms with E-state index < -0.39 is 11.4 Å². The fourth-order valence-electron chi connectivity index (χ4n) is 2.26. The summed E-state index contributed by atoms with van der Waals surface area (Å²) in [4.78, 5) is 13.6. The van der Waals surface area contributed by atoms with Gasteiger partial charge in [-0.3, -0.25) is 9.69 Å². The molecule has 19 heavy (non-hydrogen) atoms. The molecule has 0 aliphatic carbocycles.